The average Bonchev–Trinajstić information content (AvgIpc) is 3.19. The molecule has 0 bridgehead atoms. The molecule has 174 valence electrons. The number of nitrogens with zero attached hydrogens (tertiary/aromatic N) is 2. The number of aromatic nitrogens is 1. The Labute approximate surface area is 194 Å². The van der Waals surface area contributed by atoms with Crippen molar-refractivity contribution in [1.29, 1.82) is 0 Å². The fourth-order valence-electron chi connectivity index (χ4n) is 4.52. The summed E-state index contributed by atoms with van der Waals surface area (Å²) in [6.07, 6.45) is 1.79. The van der Waals surface area contributed by atoms with E-state index in [1.54, 1.807) is 6.20 Å². The Morgan fingerprint density at radius 3 is 2.45 bits per heavy atom. The van der Waals surface area contributed by atoms with Crippen LogP contribution >= 0.6 is 0 Å². The van der Waals surface area contributed by atoms with Crippen LogP contribution in [0.4, 0.5) is 11.4 Å². The predicted octanol–water partition coefficient (Wildman–Crippen LogP) is 4.33. The van der Waals surface area contributed by atoms with E-state index in [1.807, 2.05) is 36.9 Å². The molecule has 0 aliphatic carbocycles. The molecule has 0 unspecified atom stereocenters. The molecule has 33 heavy (non-hydrogen) atoms. The SMILES string of the molecule is Cc1cccc(N2CCN([C@@H](C(=O)O)c3c[nH]c4ccc(NC(=O)C(C)C)cc34)CC2)c1C. The number of piperazine rings is 1. The van der Waals surface area contributed by atoms with Crippen molar-refractivity contribution < 1.29 is 14.7 Å². The van der Waals surface area contributed by atoms with E-state index in [1.165, 1.54) is 16.8 Å². The minimum atomic E-state index is -0.868. The number of aromatic amines is 1. The quantitative estimate of drug-likeness (QED) is 0.522. The van der Waals surface area contributed by atoms with Crippen LogP contribution in [-0.4, -0.2) is 53.0 Å². The number of rotatable bonds is 6. The number of hydrogen-bond donors (Lipinski definition) is 3. The third kappa shape index (κ3) is 4.59. The van der Waals surface area contributed by atoms with E-state index in [0.717, 1.165) is 29.6 Å². The van der Waals surface area contributed by atoms with E-state index in [0.29, 0.717) is 18.8 Å². The summed E-state index contributed by atoms with van der Waals surface area (Å²) >= 11 is 0. The first-order valence-corrected chi connectivity index (χ1v) is 11.5. The fourth-order valence-corrected chi connectivity index (χ4v) is 4.52. The predicted molar refractivity (Wildman–Crippen MR) is 132 cm³/mol. The number of aliphatic carboxylic acids is 1. The Bertz CT molecular complexity index is 1180. The molecular formula is C26H32N4O3. The Hall–Kier alpha value is -3.32. The molecule has 7 nitrogen and oxygen atoms in total. The van der Waals surface area contributed by atoms with Gasteiger partial charge in [-0.05, 0) is 49.2 Å². The fraction of sp³-hybridized carbons (Fsp3) is 0.385. The maximum Gasteiger partial charge on any atom is 0.325 e. The number of nitrogens with one attached hydrogen (secondary N) is 2. The maximum absolute atomic E-state index is 12.4. The molecule has 3 aromatic rings. The second kappa shape index (κ2) is 9.27. The van der Waals surface area contributed by atoms with Gasteiger partial charge in [-0.15, -0.1) is 0 Å². The van der Waals surface area contributed by atoms with Gasteiger partial charge in [-0.25, -0.2) is 0 Å². The number of carbonyl (C=O) groups excluding carboxylic acids is 1. The van der Waals surface area contributed by atoms with Gasteiger partial charge in [0.05, 0.1) is 0 Å². The average molecular weight is 449 g/mol. The maximum atomic E-state index is 12.4. The first-order valence-electron chi connectivity index (χ1n) is 11.5. The molecule has 0 spiro atoms. The van der Waals surface area contributed by atoms with Gasteiger partial charge in [0.25, 0.3) is 0 Å². The summed E-state index contributed by atoms with van der Waals surface area (Å²) in [6.45, 7) is 10.8. The second-order valence-corrected chi connectivity index (χ2v) is 9.13. The molecule has 1 aliphatic rings. The summed E-state index contributed by atoms with van der Waals surface area (Å²) < 4.78 is 0. The summed E-state index contributed by atoms with van der Waals surface area (Å²) in [7, 11) is 0. The van der Waals surface area contributed by atoms with E-state index in [2.05, 4.69) is 47.2 Å². The molecule has 0 radical (unpaired) electrons. The zero-order chi connectivity index (χ0) is 23.7. The molecule has 1 aromatic heterocycles. The molecule has 3 N–H and O–H groups in total. The third-order valence-corrected chi connectivity index (χ3v) is 6.63. The normalized spacial score (nSPS) is 15.7. The Balaban J connectivity index is 1.57. The number of carboxylic acid groups (broad SMARTS) is 1. The number of carbonyl (C=O) groups is 2. The molecule has 1 atom stereocenters. The van der Waals surface area contributed by atoms with Crippen molar-refractivity contribution in [3.63, 3.8) is 0 Å². The van der Waals surface area contributed by atoms with Crippen molar-refractivity contribution in [3.05, 3.63) is 59.3 Å². The molecule has 0 saturated carbocycles. The van der Waals surface area contributed by atoms with Crippen LogP contribution in [0.3, 0.4) is 0 Å². The number of benzene rings is 2. The highest BCUT2D eigenvalue weighted by Crippen LogP contribution is 2.32. The minimum absolute atomic E-state index is 0.0659. The number of amides is 1. The third-order valence-electron chi connectivity index (χ3n) is 6.63. The topological polar surface area (TPSA) is 88.7 Å². The summed E-state index contributed by atoms with van der Waals surface area (Å²) in [5.74, 6) is -1.07. The summed E-state index contributed by atoms with van der Waals surface area (Å²) in [4.78, 5) is 32.1. The number of carboxylic acids is 1. The molecule has 4 rings (SSSR count). The van der Waals surface area contributed by atoms with Crippen molar-refractivity contribution >= 4 is 34.2 Å². The smallest absolute Gasteiger partial charge is 0.325 e. The van der Waals surface area contributed by atoms with E-state index in [9.17, 15) is 14.7 Å². The van der Waals surface area contributed by atoms with Crippen LogP contribution in [-0.2, 0) is 9.59 Å². The molecule has 1 aliphatic heterocycles. The van der Waals surface area contributed by atoms with Crippen molar-refractivity contribution in [2.75, 3.05) is 36.4 Å². The zero-order valence-corrected chi connectivity index (χ0v) is 19.7. The first kappa shape index (κ1) is 22.9. The number of hydrogen-bond acceptors (Lipinski definition) is 4. The van der Waals surface area contributed by atoms with E-state index >= 15 is 0 Å². The van der Waals surface area contributed by atoms with Crippen molar-refractivity contribution in [2.24, 2.45) is 5.92 Å². The van der Waals surface area contributed by atoms with Crippen LogP contribution in [0.25, 0.3) is 10.9 Å². The van der Waals surface area contributed by atoms with Gasteiger partial charge in [-0.1, -0.05) is 26.0 Å². The van der Waals surface area contributed by atoms with Gasteiger partial charge >= 0.3 is 5.97 Å². The molecule has 1 fully saturated rings. The summed E-state index contributed by atoms with van der Waals surface area (Å²) in [5.41, 5.74) is 6.00. The van der Waals surface area contributed by atoms with Gasteiger partial charge in [-0.2, -0.15) is 0 Å². The van der Waals surface area contributed by atoms with Gasteiger partial charge in [0.15, 0.2) is 0 Å². The monoisotopic (exact) mass is 448 g/mol. The van der Waals surface area contributed by atoms with E-state index in [-0.39, 0.29) is 11.8 Å². The Kier molecular flexibility index (Phi) is 6.42. The summed E-state index contributed by atoms with van der Waals surface area (Å²) in [6, 6.07) is 11.2. The molecular weight excluding hydrogens is 416 g/mol. The molecule has 1 saturated heterocycles. The van der Waals surface area contributed by atoms with Gasteiger partial charge in [0.2, 0.25) is 5.91 Å². The lowest BCUT2D eigenvalue weighted by Crippen LogP contribution is -2.49. The van der Waals surface area contributed by atoms with Crippen LogP contribution in [0.2, 0.25) is 0 Å². The van der Waals surface area contributed by atoms with Crippen LogP contribution in [0.1, 0.15) is 36.6 Å². The number of H-pyrrole nitrogens is 1. The second-order valence-electron chi connectivity index (χ2n) is 9.13. The van der Waals surface area contributed by atoms with Gasteiger partial charge < -0.3 is 20.3 Å². The highest BCUT2D eigenvalue weighted by Gasteiger charge is 2.32. The molecule has 7 heteroatoms. The van der Waals surface area contributed by atoms with Crippen molar-refractivity contribution in [2.45, 2.75) is 33.7 Å². The largest absolute Gasteiger partial charge is 0.480 e. The van der Waals surface area contributed by atoms with Crippen molar-refractivity contribution in [1.82, 2.24) is 9.88 Å². The number of fused-ring (bicyclic) bond motifs is 1. The van der Waals surface area contributed by atoms with Crippen LogP contribution in [0.5, 0.6) is 0 Å². The zero-order valence-electron chi connectivity index (χ0n) is 19.7. The first-order chi connectivity index (χ1) is 15.8. The van der Waals surface area contributed by atoms with Crippen molar-refractivity contribution in [3.8, 4) is 0 Å². The standard InChI is InChI=1S/C26H32N4O3/c1-16(2)25(31)28-19-8-9-22-20(14-19)21(15-27-22)24(26(32)33)30-12-10-29(11-13-30)23-7-5-6-17(3)18(23)4/h5-9,14-16,24,27H,10-13H2,1-4H3,(H,28,31)(H,32,33)/t24-/m1/s1. The van der Waals surface area contributed by atoms with E-state index < -0.39 is 12.0 Å². The lowest BCUT2D eigenvalue weighted by Gasteiger charge is -2.39. The number of anilines is 2. The van der Waals surface area contributed by atoms with Crippen LogP contribution in [0.15, 0.2) is 42.6 Å². The Morgan fingerprint density at radius 2 is 1.79 bits per heavy atom. The van der Waals surface area contributed by atoms with Crippen LogP contribution in [0, 0.1) is 19.8 Å². The minimum Gasteiger partial charge on any atom is -0.480 e. The Morgan fingerprint density at radius 1 is 1.06 bits per heavy atom. The number of aryl methyl sites for hydroxylation is 1. The van der Waals surface area contributed by atoms with Gasteiger partial charge in [-0.3, -0.25) is 14.5 Å². The molecule has 1 amide bonds. The highest BCUT2D eigenvalue weighted by molar-refractivity contribution is 5.96. The van der Waals surface area contributed by atoms with E-state index in [4.69, 9.17) is 0 Å². The lowest BCUT2D eigenvalue weighted by atomic mass is 10.0. The van der Waals surface area contributed by atoms with Gasteiger partial charge in [0.1, 0.15) is 6.04 Å². The highest BCUT2D eigenvalue weighted by atomic mass is 16.4. The summed E-state index contributed by atoms with van der Waals surface area (Å²) in [5, 5.41) is 13.9. The van der Waals surface area contributed by atoms with Gasteiger partial charge in [0, 0.05) is 66.1 Å². The lowest BCUT2D eigenvalue weighted by molar-refractivity contribution is -0.143. The van der Waals surface area contributed by atoms with Crippen LogP contribution < -0.4 is 10.2 Å². The molecule has 2 heterocycles. The molecule has 2 aromatic carbocycles.